The van der Waals surface area contributed by atoms with Crippen LogP contribution in [0.5, 0.6) is 0 Å². The summed E-state index contributed by atoms with van der Waals surface area (Å²) in [5.41, 5.74) is 0.0546. The second-order valence-electron chi connectivity index (χ2n) is 9.97. The lowest BCUT2D eigenvalue weighted by atomic mass is 9.50. The third-order valence-corrected chi connectivity index (χ3v) is 9.20. The molecule has 0 N–H and O–H groups in total. The van der Waals surface area contributed by atoms with Gasteiger partial charge in [-0.2, -0.15) is 0 Å². The minimum Gasteiger partial charge on any atom is -0.379 e. The van der Waals surface area contributed by atoms with Gasteiger partial charge in [-0.15, -0.1) is 0 Å². The molecule has 0 aromatic heterocycles. The summed E-state index contributed by atoms with van der Waals surface area (Å²) in [6, 6.07) is 0.823. The first-order valence-electron chi connectivity index (χ1n) is 11.0. The number of carbonyl (C=O) groups excluding carboxylic acids is 1. The van der Waals surface area contributed by atoms with Gasteiger partial charge in [-0.3, -0.25) is 9.69 Å². The molecule has 0 spiro atoms. The Labute approximate surface area is 152 Å². The summed E-state index contributed by atoms with van der Waals surface area (Å²) in [4.78, 5) is 15.2. The first-order valence-corrected chi connectivity index (χ1v) is 11.0. The maximum atomic E-state index is 12.5. The summed E-state index contributed by atoms with van der Waals surface area (Å²) < 4.78 is 5.56. The SMILES string of the molecule is CC12CCC3C4CCC(N5CCOCC5)CC4CCC3C1CCC2=O. The number of nitrogens with zero attached hydrogens (tertiary/aromatic N) is 1. The molecule has 3 nitrogen and oxygen atoms in total. The number of carbonyl (C=O) groups is 1. The molecule has 7 atom stereocenters. The van der Waals surface area contributed by atoms with Crippen LogP contribution in [-0.4, -0.2) is 43.0 Å². The van der Waals surface area contributed by atoms with Crippen LogP contribution >= 0.6 is 0 Å². The van der Waals surface area contributed by atoms with E-state index in [4.69, 9.17) is 4.74 Å². The normalized spacial score (nSPS) is 50.8. The zero-order valence-corrected chi connectivity index (χ0v) is 15.9. The molecule has 7 unspecified atom stereocenters. The molecule has 1 saturated heterocycles. The third kappa shape index (κ3) is 2.64. The van der Waals surface area contributed by atoms with E-state index < -0.39 is 0 Å². The molecule has 3 heteroatoms. The Morgan fingerprint density at radius 1 is 0.960 bits per heavy atom. The quantitative estimate of drug-likeness (QED) is 0.722. The van der Waals surface area contributed by atoms with Gasteiger partial charge in [-0.25, -0.2) is 0 Å². The fourth-order valence-electron chi connectivity index (χ4n) is 7.87. The zero-order valence-electron chi connectivity index (χ0n) is 15.9. The number of morpholine rings is 1. The molecule has 1 aliphatic heterocycles. The van der Waals surface area contributed by atoms with Crippen molar-refractivity contribution in [3.63, 3.8) is 0 Å². The van der Waals surface area contributed by atoms with Crippen LogP contribution in [0.1, 0.15) is 64.7 Å². The van der Waals surface area contributed by atoms with Gasteiger partial charge in [0.1, 0.15) is 5.78 Å². The molecule has 5 fully saturated rings. The average Bonchev–Trinajstić information content (AvgIpc) is 2.97. The number of rotatable bonds is 1. The van der Waals surface area contributed by atoms with E-state index in [1.165, 1.54) is 51.4 Å². The fraction of sp³-hybridized carbons (Fsp3) is 0.955. The van der Waals surface area contributed by atoms with E-state index in [9.17, 15) is 4.79 Å². The smallest absolute Gasteiger partial charge is 0.139 e. The van der Waals surface area contributed by atoms with Gasteiger partial charge in [-0.1, -0.05) is 6.92 Å². The van der Waals surface area contributed by atoms with Crippen molar-refractivity contribution in [3.05, 3.63) is 0 Å². The van der Waals surface area contributed by atoms with E-state index in [-0.39, 0.29) is 5.41 Å². The summed E-state index contributed by atoms with van der Waals surface area (Å²) in [7, 11) is 0. The van der Waals surface area contributed by atoms with Crippen LogP contribution in [0, 0.1) is 35.0 Å². The zero-order chi connectivity index (χ0) is 17.0. The van der Waals surface area contributed by atoms with Gasteiger partial charge in [-0.05, 0) is 81.0 Å². The second-order valence-corrected chi connectivity index (χ2v) is 9.97. The molecule has 5 rings (SSSR count). The summed E-state index contributed by atoms with van der Waals surface area (Å²) in [5.74, 6) is 5.05. The van der Waals surface area contributed by atoms with Gasteiger partial charge in [0, 0.05) is 31.0 Å². The Morgan fingerprint density at radius 3 is 2.60 bits per heavy atom. The van der Waals surface area contributed by atoms with E-state index in [0.29, 0.717) is 5.78 Å². The lowest BCUT2D eigenvalue weighted by Crippen LogP contribution is -2.52. The molecular formula is C22H35NO2. The summed E-state index contributed by atoms with van der Waals surface area (Å²) in [6.07, 6.45) is 11.7. The third-order valence-electron chi connectivity index (χ3n) is 9.20. The van der Waals surface area contributed by atoms with Crippen LogP contribution in [0.2, 0.25) is 0 Å². The van der Waals surface area contributed by atoms with Crippen LogP contribution < -0.4 is 0 Å². The van der Waals surface area contributed by atoms with Crippen LogP contribution in [0.4, 0.5) is 0 Å². The predicted molar refractivity (Wildman–Crippen MR) is 98.3 cm³/mol. The highest BCUT2D eigenvalue weighted by Crippen LogP contribution is 2.61. The minimum atomic E-state index is 0.0546. The van der Waals surface area contributed by atoms with Gasteiger partial charge in [0.05, 0.1) is 13.2 Å². The summed E-state index contributed by atoms with van der Waals surface area (Å²) >= 11 is 0. The fourth-order valence-corrected chi connectivity index (χ4v) is 7.87. The molecule has 5 aliphatic rings. The molecule has 25 heavy (non-hydrogen) atoms. The van der Waals surface area contributed by atoms with Crippen molar-refractivity contribution in [2.45, 2.75) is 70.8 Å². The summed E-state index contributed by atoms with van der Waals surface area (Å²) in [6.45, 7) is 6.48. The Balaban J connectivity index is 1.29. The number of hydrogen-bond donors (Lipinski definition) is 0. The highest BCUT2D eigenvalue weighted by molar-refractivity contribution is 5.87. The molecule has 0 aromatic carbocycles. The Hall–Kier alpha value is -0.410. The van der Waals surface area contributed by atoms with Gasteiger partial charge in [0.25, 0.3) is 0 Å². The largest absolute Gasteiger partial charge is 0.379 e. The van der Waals surface area contributed by atoms with Crippen LogP contribution in [-0.2, 0) is 9.53 Å². The Bertz CT molecular complexity index is 528. The average molecular weight is 346 g/mol. The molecule has 1 heterocycles. The van der Waals surface area contributed by atoms with Crippen molar-refractivity contribution in [2.24, 2.45) is 35.0 Å². The van der Waals surface area contributed by atoms with E-state index in [2.05, 4.69) is 11.8 Å². The molecule has 4 saturated carbocycles. The molecule has 4 aliphatic carbocycles. The van der Waals surface area contributed by atoms with Crippen LogP contribution in [0.25, 0.3) is 0 Å². The lowest BCUT2D eigenvalue weighted by Gasteiger charge is -2.55. The van der Waals surface area contributed by atoms with Crippen molar-refractivity contribution in [2.75, 3.05) is 26.3 Å². The van der Waals surface area contributed by atoms with Crippen molar-refractivity contribution < 1.29 is 9.53 Å². The molecular weight excluding hydrogens is 310 g/mol. The number of fused-ring (bicyclic) bond motifs is 5. The van der Waals surface area contributed by atoms with E-state index in [1.807, 2.05) is 0 Å². The Kier molecular flexibility index (Phi) is 4.24. The van der Waals surface area contributed by atoms with Crippen molar-refractivity contribution in [3.8, 4) is 0 Å². The van der Waals surface area contributed by atoms with Crippen molar-refractivity contribution >= 4 is 5.78 Å². The highest BCUT2D eigenvalue weighted by Gasteiger charge is 2.57. The molecule has 140 valence electrons. The number of ether oxygens (including phenoxy) is 1. The van der Waals surface area contributed by atoms with E-state index >= 15 is 0 Å². The molecule has 0 amide bonds. The highest BCUT2D eigenvalue weighted by atomic mass is 16.5. The second kappa shape index (κ2) is 6.34. The number of hydrogen-bond acceptors (Lipinski definition) is 3. The van der Waals surface area contributed by atoms with Crippen molar-refractivity contribution in [1.29, 1.82) is 0 Å². The van der Waals surface area contributed by atoms with Gasteiger partial charge in [0.15, 0.2) is 0 Å². The van der Waals surface area contributed by atoms with E-state index in [0.717, 1.165) is 68.4 Å². The first-order chi connectivity index (χ1) is 12.2. The maximum absolute atomic E-state index is 12.5. The monoisotopic (exact) mass is 345 g/mol. The number of ketones is 1. The minimum absolute atomic E-state index is 0.0546. The molecule has 0 aromatic rings. The topological polar surface area (TPSA) is 29.5 Å². The Morgan fingerprint density at radius 2 is 1.76 bits per heavy atom. The van der Waals surface area contributed by atoms with E-state index in [1.54, 1.807) is 0 Å². The standard InChI is InChI=1S/C22H35NO2/c1-22-9-8-18-17-5-3-16(23-10-12-25-13-11-23)14-15(17)2-4-19(18)20(22)6-7-21(22)24/h15-20H,2-14H2,1H3. The maximum Gasteiger partial charge on any atom is 0.139 e. The van der Waals surface area contributed by atoms with Gasteiger partial charge in [0.2, 0.25) is 0 Å². The predicted octanol–water partition coefficient (Wildman–Crippen LogP) is 3.91. The van der Waals surface area contributed by atoms with Crippen LogP contribution in [0.3, 0.4) is 0 Å². The van der Waals surface area contributed by atoms with Gasteiger partial charge < -0.3 is 4.74 Å². The first kappa shape index (κ1) is 16.7. The van der Waals surface area contributed by atoms with Crippen molar-refractivity contribution in [1.82, 2.24) is 4.90 Å². The molecule has 0 radical (unpaired) electrons. The summed E-state index contributed by atoms with van der Waals surface area (Å²) in [5, 5.41) is 0. The lowest BCUT2D eigenvalue weighted by molar-refractivity contribution is -0.133. The van der Waals surface area contributed by atoms with Gasteiger partial charge >= 0.3 is 0 Å². The molecule has 0 bridgehead atoms. The number of Topliss-reactive ketones (excluding diaryl/α,β-unsaturated/α-hetero) is 1. The van der Waals surface area contributed by atoms with Crippen LogP contribution in [0.15, 0.2) is 0 Å².